The van der Waals surface area contributed by atoms with Gasteiger partial charge >= 0.3 is 0 Å². The number of thiazole rings is 1. The maximum absolute atomic E-state index is 12.4. The second-order valence-electron chi connectivity index (χ2n) is 6.22. The van der Waals surface area contributed by atoms with Crippen LogP contribution in [-0.2, 0) is 5.75 Å². The minimum Gasteiger partial charge on any atom is -0.349 e. The molecule has 1 aliphatic heterocycles. The molecule has 0 aliphatic carbocycles. The van der Waals surface area contributed by atoms with Crippen molar-refractivity contribution in [3.8, 4) is 0 Å². The van der Waals surface area contributed by atoms with E-state index in [2.05, 4.69) is 27.9 Å². The Morgan fingerprint density at radius 1 is 1.35 bits per heavy atom. The summed E-state index contributed by atoms with van der Waals surface area (Å²) in [6.45, 7) is 5.15. The molecule has 3 rings (SSSR count). The molecule has 8 heteroatoms. The van der Waals surface area contributed by atoms with E-state index < -0.39 is 0 Å². The van der Waals surface area contributed by atoms with E-state index in [0.29, 0.717) is 6.04 Å². The maximum Gasteiger partial charge on any atom is 0.251 e. The zero-order chi connectivity index (χ0) is 16.9. The summed E-state index contributed by atoms with van der Waals surface area (Å²) in [7, 11) is 0. The van der Waals surface area contributed by atoms with Crippen molar-refractivity contribution in [3.63, 3.8) is 0 Å². The van der Waals surface area contributed by atoms with Gasteiger partial charge in [-0.2, -0.15) is 0 Å². The first-order chi connectivity index (χ1) is 11.6. The third-order valence-corrected chi connectivity index (χ3v) is 6.00. The van der Waals surface area contributed by atoms with Crippen LogP contribution in [0.25, 0.3) is 0 Å². The average Bonchev–Trinajstić information content (AvgIpc) is 2.99. The van der Waals surface area contributed by atoms with E-state index in [-0.39, 0.29) is 36.8 Å². The molecule has 2 heterocycles. The molecular weight excluding hydrogens is 409 g/mol. The number of rotatable bonds is 5. The second kappa shape index (κ2) is 11.1. The molecule has 4 nitrogen and oxygen atoms in total. The number of nitrogens with one attached hydrogen (secondary N) is 2. The molecule has 26 heavy (non-hydrogen) atoms. The summed E-state index contributed by atoms with van der Waals surface area (Å²) in [6, 6.07) is 8.60. The van der Waals surface area contributed by atoms with Crippen LogP contribution in [0.2, 0.25) is 0 Å². The van der Waals surface area contributed by atoms with Crippen molar-refractivity contribution in [2.24, 2.45) is 0 Å². The monoisotopic (exact) mass is 433 g/mol. The van der Waals surface area contributed by atoms with Crippen LogP contribution in [-0.4, -0.2) is 29.5 Å². The largest absolute Gasteiger partial charge is 0.349 e. The number of aromatic nitrogens is 1. The molecule has 1 aromatic heterocycles. The first-order valence-corrected chi connectivity index (χ1v) is 10.1. The molecule has 2 unspecified atom stereocenters. The van der Waals surface area contributed by atoms with Crippen LogP contribution in [0, 0.1) is 6.92 Å². The van der Waals surface area contributed by atoms with Gasteiger partial charge in [-0.05, 0) is 57.5 Å². The number of carbonyl (C=O) groups is 1. The fraction of sp³-hybridized carbons (Fsp3) is 0.444. The van der Waals surface area contributed by atoms with E-state index in [0.717, 1.165) is 46.3 Å². The second-order valence-corrected chi connectivity index (χ2v) is 8.33. The summed E-state index contributed by atoms with van der Waals surface area (Å²) in [4.78, 5) is 18.0. The minimum absolute atomic E-state index is 0. The molecule has 2 aromatic rings. The van der Waals surface area contributed by atoms with E-state index in [4.69, 9.17) is 0 Å². The third-order valence-electron chi connectivity index (χ3n) is 4.13. The quantitative estimate of drug-likeness (QED) is 0.683. The Balaban J connectivity index is 0.00000169. The van der Waals surface area contributed by atoms with E-state index in [9.17, 15) is 4.79 Å². The number of benzene rings is 1. The molecule has 1 amide bonds. The zero-order valence-electron chi connectivity index (χ0n) is 14.9. The van der Waals surface area contributed by atoms with Crippen molar-refractivity contribution in [1.82, 2.24) is 15.6 Å². The molecule has 0 bridgehead atoms. The van der Waals surface area contributed by atoms with Crippen LogP contribution < -0.4 is 10.6 Å². The van der Waals surface area contributed by atoms with Gasteiger partial charge in [0.15, 0.2) is 0 Å². The van der Waals surface area contributed by atoms with Gasteiger partial charge < -0.3 is 10.6 Å². The molecular formula is C18H25Cl2N3OS2. The van der Waals surface area contributed by atoms with Crippen molar-refractivity contribution in [3.05, 3.63) is 45.9 Å². The standard InChI is InChI=1S/C18H23N3OS2.2ClH/c1-12-9-15(7-8-19-12)21-18(22)14-3-5-17(6-4-14)24-11-16-10-23-13(2)20-16;;/h3-6,10,12,15,19H,7-9,11H2,1-2H3,(H,21,22);2*1H. The first kappa shape index (κ1) is 23.2. The average molecular weight is 434 g/mol. The Kier molecular flexibility index (Phi) is 9.97. The maximum atomic E-state index is 12.4. The molecule has 2 atom stereocenters. The van der Waals surface area contributed by atoms with Crippen molar-refractivity contribution in [2.75, 3.05) is 6.54 Å². The Bertz CT molecular complexity index is 694. The van der Waals surface area contributed by atoms with Gasteiger partial charge in [-0.25, -0.2) is 4.98 Å². The summed E-state index contributed by atoms with van der Waals surface area (Å²) >= 11 is 3.43. The molecule has 0 spiro atoms. The highest BCUT2D eigenvalue weighted by atomic mass is 35.5. The fourth-order valence-corrected chi connectivity index (χ4v) is 4.38. The number of piperidine rings is 1. The molecule has 0 saturated carbocycles. The van der Waals surface area contributed by atoms with E-state index in [1.807, 2.05) is 31.2 Å². The highest BCUT2D eigenvalue weighted by molar-refractivity contribution is 7.98. The number of amides is 1. The van der Waals surface area contributed by atoms with Crippen LogP contribution in [0.5, 0.6) is 0 Å². The third kappa shape index (κ3) is 6.74. The number of thioether (sulfide) groups is 1. The van der Waals surface area contributed by atoms with Crippen LogP contribution in [0.15, 0.2) is 34.5 Å². The van der Waals surface area contributed by atoms with E-state index in [1.54, 1.807) is 23.1 Å². The van der Waals surface area contributed by atoms with Gasteiger partial charge in [0.05, 0.1) is 10.7 Å². The van der Waals surface area contributed by atoms with Gasteiger partial charge in [-0.1, -0.05) is 0 Å². The summed E-state index contributed by atoms with van der Waals surface area (Å²) in [6.07, 6.45) is 1.99. The van der Waals surface area contributed by atoms with Crippen molar-refractivity contribution in [2.45, 2.75) is 49.4 Å². The molecule has 1 aromatic carbocycles. The Morgan fingerprint density at radius 2 is 2.08 bits per heavy atom. The molecule has 1 fully saturated rings. The van der Waals surface area contributed by atoms with E-state index >= 15 is 0 Å². The topological polar surface area (TPSA) is 54.0 Å². The van der Waals surface area contributed by atoms with Crippen LogP contribution in [0.4, 0.5) is 0 Å². The van der Waals surface area contributed by atoms with Gasteiger partial charge in [0.2, 0.25) is 0 Å². The first-order valence-electron chi connectivity index (χ1n) is 8.28. The lowest BCUT2D eigenvalue weighted by Gasteiger charge is -2.28. The Hall–Kier alpha value is -0.790. The number of hydrogen-bond donors (Lipinski definition) is 2. The lowest BCUT2D eigenvalue weighted by Crippen LogP contribution is -2.46. The van der Waals surface area contributed by atoms with Gasteiger partial charge in [0.25, 0.3) is 5.91 Å². The number of hydrogen-bond acceptors (Lipinski definition) is 5. The van der Waals surface area contributed by atoms with Crippen molar-refractivity contribution >= 4 is 53.8 Å². The van der Waals surface area contributed by atoms with Gasteiger partial charge in [-0.3, -0.25) is 4.79 Å². The van der Waals surface area contributed by atoms with Gasteiger partial charge in [0, 0.05) is 33.7 Å². The highest BCUT2D eigenvalue weighted by Crippen LogP contribution is 2.24. The molecule has 144 valence electrons. The Morgan fingerprint density at radius 3 is 2.69 bits per heavy atom. The minimum atomic E-state index is 0. The summed E-state index contributed by atoms with van der Waals surface area (Å²) in [5.74, 6) is 0.892. The predicted octanol–water partition coefficient (Wildman–Crippen LogP) is 4.46. The smallest absolute Gasteiger partial charge is 0.251 e. The zero-order valence-corrected chi connectivity index (χ0v) is 18.1. The van der Waals surface area contributed by atoms with Crippen LogP contribution >= 0.6 is 47.9 Å². The number of carbonyl (C=O) groups excluding carboxylic acids is 1. The summed E-state index contributed by atoms with van der Waals surface area (Å²) in [5, 5.41) is 9.76. The normalized spacial score (nSPS) is 19.2. The lowest BCUT2D eigenvalue weighted by atomic mass is 10.0. The summed E-state index contributed by atoms with van der Waals surface area (Å²) in [5.41, 5.74) is 1.85. The fourth-order valence-electron chi connectivity index (χ4n) is 2.87. The Labute approximate surface area is 175 Å². The van der Waals surface area contributed by atoms with Crippen molar-refractivity contribution < 1.29 is 4.79 Å². The number of aryl methyl sites for hydroxylation is 1. The molecule has 0 radical (unpaired) electrons. The van der Waals surface area contributed by atoms with Gasteiger partial charge in [-0.15, -0.1) is 47.9 Å². The predicted molar refractivity (Wildman–Crippen MR) is 115 cm³/mol. The van der Waals surface area contributed by atoms with E-state index in [1.165, 1.54) is 0 Å². The number of nitrogens with zero attached hydrogens (tertiary/aromatic N) is 1. The van der Waals surface area contributed by atoms with Crippen LogP contribution in [0.1, 0.15) is 40.8 Å². The van der Waals surface area contributed by atoms with Gasteiger partial charge in [0.1, 0.15) is 0 Å². The summed E-state index contributed by atoms with van der Waals surface area (Å²) < 4.78 is 0. The number of halogens is 2. The molecule has 2 N–H and O–H groups in total. The lowest BCUT2D eigenvalue weighted by molar-refractivity contribution is 0.0925. The molecule has 1 saturated heterocycles. The van der Waals surface area contributed by atoms with Crippen molar-refractivity contribution in [1.29, 1.82) is 0 Å². The SMILES string of the molecule is Cc1nc(CSc2ccc(C(=O)NC3CCNC(C)C3)cc2)cs1.Cl.Cl. The highest BCUT2D eigenvalue weighted by Gasteiger charge is 2.20. The van der Waals surface area contributed by atoms with Crippen LogP contribution in [0.3, 0.4) is 0 Å². The molecule has 1 aliphatic rings.